The first-order chi connectivity index (χ1) is 9.65. The molecule has 2 aromatic rings. The first kappa shape index (κ1) is 13.5. The van der Waals surface area contributed by atoms with Crippen LogP contribution in [0.1, 0.15) is 12.1 Å². The zero-order valence-electron chi connectivity index (χ0n) is 10.5. The Morgan fingerprint density at radius 3 is 2.65 bits per heavy atom. The highest BCUT2D eigenvalue weighted by Crippen LogP contribution is 2.02. The third-order valence-electron chi connectivity index (χ3n) is 2.49. The van der Waals surface area contributed by atoms with Crippen LogP contribution < -0.4 is 22.1 Å². The molecule has 4 N–H and O–H groups in total. The minimum absolute atomic E-state index is 0.0714. The van der Waals surface area contributed by atoms with Crippen molar-refractivity contribution in [2.24, 2.45) is 0 Å². The number of hydrogen-bond donors (Lipinski definition) is 4. The van der Waals surface area contributed by atoms with Crippen LogP contribution in [0.2, 0.25) is 0 Å². The number of H-pyrrole nitrogens is 2. The minimum atomic E-state index is -0.672. The van der Waals surface area contributed by atoms with Gasteiger partial charge >= 0.3 is 5.69 Å². The fraction of sp³-hybridized carbons (Fsp3) is 0.167. The van der Waals surface area contributed by atoms with Crippen LogP contribution in [0.4, 0.5) is 5.69 Å². The van der Waals surface area contributed by atoms with E-state index in [4.69, 9.17) is 0 Å². The van der Waals surface area contributed by atoms with E-state index in [1.807, 2.05) is 23.2 Å². The highest BCUT2D eigenvalue weighted by atomic mass is 16.2. The fourth-order valence-electron chi connectivity index (χ4n) is 1.50. The van der Waals surface area contributed by atoms with E-state index in [0.717, 1.165) is 5.69 Å². The number of carbonyl (C=O) groups excluding carboxylic acids is 1. The second-order valence-corrected chi connectivity index (χ2v) is 3.99. The standard InChI is InChI=1S/C12H13N5O3/c18-10(16-14-8-4-2-1-3-5-8)7-6-9-11(19)13-12(20)17-15-9/h1-5,14H,6-7H2,(H,16,18)(H2,13,17,19,20). The molecule has 0 bridgehead atoms. The Labute approximate surface area is 113 Å². The lowest BCUT2D eigenvalue weighted by Crippen LogP contribution is -2.31. The summed E-state index contributed by atoms with van der Waals surface area (Å²) in [5.74, 6) is -0.291. The van der Waals surface area contributed by atoms with Crippen molar-refractivity contribution >= 4 is 11.6 Å². The molecule has 0 atom stereocenters. The lowest BCUT2D eigenvalue weighted by atomic mass is 10.2. The van der Waals surface area contributed by atoms with Crippen LogP contribution in [0.25, 0.3) is 0 Å². The second-order valence-electron chi connectivity index (χ2n) is 3.99. The number of rotatable bonds is 5. The Morgan fingerprint density at radius 2 is 1.95 bits per heavy atom. The number of nitrogens with one attached hydrogen (secondary N) is 4. The van der Waals surface area contributed by atoms with Crippen molar-refractivity contribution in [1.29, 1.82) is 0 Å². The van der Waals surface area contributed by atoms with Gasteiger partial charge in [-0.05, 0) is 12.1 Å². The highest BCUT2D eigenvalue weighted by molar-refractivity contribution is 5.77. The van der Waals surface area contributed by atoms with Crippen LogP contribution in [0.3, 0.4) is 0 Å². The molecule has 0 unspecified atom stereocenters. The first-order valence-corrected chi connectivity index (χ1v) is 5.93. The third-order valence-corrected chi connectivity index (χ3v) is 2.49. The van der Waals surface area contributed by atoms with Crippen LogP contribution in [0, 0.1) is 0 Å². The molecule has 1 aromatic heterocycles. The number of nitrogens with zero attached hydrogens (tertiary/aromatic N) is 1. The molecule has 0 fully saturated rings. The molecule has 8 heteroatoms. The molecule has 104 valence electrons. The Kier molecular flexibility index (Phi) is 4.28. The minimum Gasteiger partial charge on any atom is -0.299 e. The topological polar surface area (TPSA) is 120 Å². The van der Waals surface area contributed by atoms with Gasteiger partial charge in [0.15, 0.2) is 0 Å². The van der Waals surface area contributed by atoms with Crippen molar-refractivity contribution < 1.29 is 4.79 Å². The summed E-state index contributed by atoms with van der Waals surface area (Å²) in [6, 6.07) is 9.13. The predicted octanol–water partition coefficient (Wildman–Crippen LogP) is -0.466. The normalized spacial score (nSPS) is 10.0. The van der Waals surface area contributed by atoms with Gasteiger partial charge in [-0.1, -0.05) is 18.2 Å². The van der Waals surface area contributed by atoms with Gasteiger partial charge in [0.25, 0.3) is 5.56 Å². The Bertz CT molecular complexity index is 692. The van der Waals surface area contributed by atoms with E-state index in [0.29, 0.717) is 0 Å². The van der Waals surface area contributed by atoms with E-state index >= 15 is 0 Å². The number of aromatic nitrogens is 3. The van der Waals surface area contributed by atoms with E-state index in [-0.39, 0.29) is 24.4 Å². The van der Waals surface area contributed by atoms with Gasteiger partial charge in [-0.3, -0.25) is 25.4 Å². The molecular formula is C12H13N5O3. The van der Waals surface area contributed by atoms with Gasteiger partial charge in [-0.15, -0.1) is 0 Å². The number of hydrogen-bond acceptors (Lipinski definition) is 5. The predicted molar refractivity (Wildman–Crippen MR) is 72.0 cm³/mol. The molecular weight excluding hydrogens is 262 g/mol. The number of aromatic amines is 2. The average molecular weight is 275 g/mol. The van der Waals surface area contributed by atoms with Crippen molar-refractivity contribution in [2.75, 3.05) is 5.43 Å². The first-order valence-electron chi connectivity index (χ1n) is 5.93. The molecule has 0 aliphatic heterocycles. The molecule has 1 heterocycles. The van der Waals surface area contributed by atoms with Crippen LogP contribution in [0.15, 0.2) is 39.9 Å². The molecule has 0 aliphatic rings. The summed E-state index contributed by atoms with van der Waals surface area (Å²) >= 11 is 0. The number of carbonyl (C=O) groups is 1. The van der Waals surface area contributed by atoms with Crippen molar-refractivity contribution in [1.82, 2.24) is 20.6 Å². The quantitative estimate of drug-likeness (QED) is 0.550. The van der Waals surface area contributed by atoms with E-state index in [9.17, 15) is 14.4 Å². The summed E-state index contributed by atoms with van der Waals surface area (Å²) in [6.45, 7) is 0. The van der Waals surface area contributed by atoms with Crippen molar-refractivity contribution in [3.8, 4) is 0 Å². The van der Waals surface area contributed by atoms with Crippen LogP contribution in [-0.4, -0.2) is 21.1 Å². The molecule has 0 aliphatic carbocycles. The summed E-state index contributed by atoms with van der Waals surface area (Å²) in [5, 5.41) is 5.70. The number of benzene rings is 1. The zero-order valence-corrected chi connectivity index (χ0v) is 10.5. The van der Waals surface area contributed by atoms with Gasteiger partial charge < -0.3 is 0 Å². The molecule has 0 saturated carbocycles. The van der Waals surface area contributed by atoms with Crippen molar-refractivity contribution in [2.45, 2.75) is 12.8 Å². The molecule has 0 saturated heterocycles. The molecule has 8 nitrogen and oxygen atoms in total. The smallest absolute Gasteiger partial charge is 0.299 e. The molecule has 0 spiro atoms. The Morgan fingerprint density at radius 1 is 1.20 bits per heavy atom. The van der Waals surface area contributed by atoms with E-state index in [1.54, 1.807) is 12.1 Å². The van der Waals surface area contributed by atoms with E-state index in [2.05, 4.69) is 21.0 Å². The zero-order chi connectivity index (χ0) is 14.4. The maximum absolute atomic E-state index is 11.6. The van der Waals surface area contributed by atoms with E-state index < -0.39 is 11.2 Å². The van der Waals surface area contributed by atoms with Gasteiger partial charge in [0.05, 0.1) is 5.69 Å². The Balaban J connectivity index is 1.83. The summed E-state index contributed by atoms with van der Waals surface area (Å²) in [6.07, 6.45) is 0.205. The summed E-state index contributed by atoms with van der Waals surface area (Å²) < 4.78 is 0. The van der Waals surface area contributed by atoms with Gasteiger partial charge in [-0.25, -0.2) is 9.89 Å². The molecule has 1 amide bonds. The van der Waals surface area contributed by atoms with Gasteiger partial charge in [-0.2, -0.15) is 5.10 Å². The van der Waals surface area contributed by atoms with Gasteiger partial charge in [0, 0.05) is 12.8 Å². The second kappa shape index (κ2) is 6.32. The summed E-state index contributed by atoms with van der Waals surface area (Å²) in [5.41, 5.74) is 4.84. The van der Waals surface area contributed by atoms with Crippen molar-refractivity contribution in [3.05, 3.63) is 56.9 Å². The molecule has 1 aromatic carbocycles. The molecule has 0 radical (unpaired) electrons. The largest absolute Gasteiger partial charge is 0.342 e. The van der Waals surface area contributed by atoms with Gasteiger partial charge in [0.1, 0.15) is 5.69 Å². The van der Waals surface area contributed by atoms with Crippen LogP contribution in [-0.2, 0) is 11.2 Å². The number of para-hydroxylation sites is 1. The van der Waals surface area contributed by atoms with Crippen molar-refractivity contribution in [3.63, 3.8) is 0 Å². The average Bonchev–Trinajstić information content (AvgIpc) is 2.45. The van der Waals surface area contributed by atoms with E-state index in [1.165, 1.54) is 0 Å². The number of aryl methyl sites for hydroxylation is 1. The number of anilines is 1. The number of amides is 1. The number of hydrazine groups is 1. The summed E-state index contributed by atoms with van der Waals surface area (Å²) in [7, 11) is 0. The van der Waals surface area contributed by atoms with Crippen LogP contribution >= 0.6 is 0 Å². The fourth-order valence-corrected chi connectivity index (χ4v) is 1.50. The summed E-state index contributed by atoms with van der Waals surface area (Å²) in [4.78, 5) is 35.7. The van der Waals surface area contributed by atoms with Crippen LogP contribution in [0.5, 0.6) is 0 Å². The lowest BCUT2D eigenvalue weighted by molar-refractivity contribution is -0.120. The van der Waals surface area contributed by atoms with Gasteiger partial charge in [0.2, 0.25) is 5.91 Å². The Hall–Kier alpha value is -2.90. The SMILES string of the molecule is O=C(CCc1n[nH]c(=O)[nH]c1=O)NNc1ccccc1. The molecule has 2 rings (SSSR count). The highest BCUT2D eigenvalue weighted by Gasteiger charge is 2.06. The monoisotopic (exact) mass is 275 g/mol. The lowest BCUT2D eigenvalue weighted by Gasteiger charge is -2.07. The maximum Gasteiger partial charge on any atom is 0.342 e. The molecule has 20 heavy (non-hydrogen) atoms. The maximum atomic E-state index is 11.6. The third kappa shape index (κ3) is 3.80.